The van der Waals surface area contributed by atoms with Gasteiger partial charge in [-0.2, -0.15) is 0 Å². The van der Waals surface area contributed by atoms with Gasteiger partial charge in [0.1, 0.15) is 5.75 Å². The lowest BCUT2D eigenvalue weighted by atomic mass is 9.82. The maximum Gasteiger partial charge on any atom is 0.169 e. The minimum absolute atomic E-state index is 0.0000477. The van der Waals surface area contributed by atoms with Gasteiger partial charge in [-0.25, -0.2) is 0 Å². The number of rotatable bonds is 5. The Morgan fingerprint density at radius 1 is 1.22 bits per heavy atom. The van der Waals surface area contributed by atoms with Gasteiger partial charge in [0.15, 0.2) is 5.78 Å². The third-order valence-corrected chi connectivity index (χ3v) is 3.67. The number of Topliss-reactive ketones (excluding diaryl/α,β-unsaturated/α-hetero) is 1. The van der Waals surface area contributed by atoms with Gasteiger partial charge in [0.05, 0.1) is 16.7 Å². The zero-order chi connectivity index (χ0) is 13.9. The van der Waals surface area contributed by atoms with Gasteiger partial charge in [-0.15, -0.1) is 0 Å². The number of ether oxygens (including phenoxy) is 1. The van der Waals surface area contributed by atoms with Crippen molar-refractivity contribution in [3.63, 3.8) is 0 Å². The number of hydrogen-bond donors (Lipinski definition) is 0. The Labute approximate surface area is 118 Å². The molecule has 4 heteroatoms. The summed E-state index contributed by atoms with van der Waals surface area (Å²) < 4.78 is 5.34. The molecule has 2 nitrogen and oxygen atoms in total. The third-order valence-electron chi connectivity index (χ3n) is 3.06. The summed E-state index contributed by atoms with van der Waals surface area (Å²) in [6.45, 7) is 8.14. The molecule has 1 aromatic carbocycles. The standard InChI is InChI=1S/C14H18Cl2O2/c1-5-14(3,4)13(17)9-7-11(16)12(18-6-2)8-10(9)15/h7-8H,5-6H2,1-4H3. The van der Waals surface area contributed by atoms with E-state index in [0.717, 1.165) is 6.42 Å². The second-order valence-corrected chi connectivity index (χ2v) is 5.58. The molecule has 0 saturated heterocycles. The summed E-state index contributed by atoms with van der Waals surface area (Å²) in [5.41, 5.74) is 0.0112. The molecule has 0 radical (unpaired) electrons. The van der Waals surface area contributed by atoms with Crippen molar-refractivity contribution in [2.45, 2.75) is 34.1 Å². The molecule has 1 aromatic rings. The van der Waals surface area contributed by atoms with Crippen molar-refractivity contribution in [2.75, 3.05) is 6.61 Å². The van der Waals surface area contributed by atoms with Crippen LogP contribution in [0.4, 0.5) is 0 Å². The highest BCUT2D eigenvalue weighted by molar-refractivity contribution is 6.37. The monoisotopic (exact) mass is 288 g/mol. The van der Waals surface area contributed by atoms with Gasteiger partial charge in [0.2, 0.25) is 0 Å². The molecule has 0 aliphatic carbocycles. The molecular formula is C14H18Cl2O2. The maximum absolute atomic E-state index is 12.4. The molecule has 0 heterocycles. The first kappa shape index (κ1) is 15.3. The van der Waals surface area contributed by atoms with E-state index < -0.39 is 5.41 Å². The van der Waals surface area contributed by atoms with Gasteiger partial charge in [0.25, 0.3) is 0 Å². The van der Waals surface area contributed by atoms with Crippen LogP contribution < -0.4 is 4.74 Å². The summed E-state index contributed by atoms with van der Waals surface area (Å²) >= 11 is 12.2. The van der Waals surface area contributed by atoms with Crippen molar-refractivity contribution in [1.29, 1.82) is 0 Å². The average molecular weight is 289 g/mol. The van der Waals surface area contributed by atoms with Crippen molar-refractivity contribution in [1.82, 2.24) is 0 Å². The molecule has 0 fully saturated rings. The lowest BCUT2D eigenvalue weighted by Gasteiger charge is -2.22. The van der Waals surface area contributed by atoms with E-state index >= 15 is 0 Å². The predicted molar refractivity (Wildman–Crippen MR) is 76.0 cm³/mol. The van der Waals surface area contributed by atoms with Crippen LogP contribution in [0.5, 0.6) is 5.75 Å². The lowest BCUT2D eigenvalue weighted by molar-refractivity contribution is 0.0833. The molecule has 0 aliphatic rings. The molecule has 0 bridgehead atoms. The fourth-order valence-electron chi connectivity index (χ4n) is 1.49. The minimum atomic E-state index is -0.444. The van der Waals surface area contributed by atoms with Gasteiger partial charge in [-0.05, 0) is 19.4 Å². The molecular weight excluding hydrogens is 271 g/mol. The van der Waals surface area contributed by atoms with E-state index in [4.69, 9.17) is 27.9 Å². The van der Waals surface area contributed by atoms with E-state index in [1.165, 1.54) is 0 Å². The Morgan fingerprint density at radius 3 is 2.33 bits per heavy atom. The molecule has 100 valence electrons. The number of benzene rings is 1. The van der Waals surface area contributed by atoms with Gasteiger partial charge in [-0.1, -0.05) is 44.0 Å². The van der Waals surface area contributed by atoms with E-state index in [9.17, 15) is 4.79 Å². The molecule has 0 aliphatic heterocycles. The predicted octanol–water partition coefficient (Wildman–Crippen LogP) is 5.01. The highest BCUT2D eigenvalue weighted by atomic mass is 35.5. The second-order valence-electron chi connectivity index (χ2n) is 4.76. The number of halogens is 2. The summed E-state index contributed by atoms with van der Waals surface area (Å²) in [4.78, 5) is 12.4. The molecule has 18 heavy (non-hydrogen) atoms. The van der Waals surface area contributed by atoms with E-state index in [0.29, 0.717) is 28.0 Å². The first-order chi connectivity index (χ1) is 8.33. The number of hydrogen-bond acceptors (Lipinski definition) is 2. The van der Waals surface area contributed by atoms with Gasteiger partial charge < -0.3 is 4.74 Å². The smallest absolute Gasteiger partial charge is 0.169 e. The normalized spacial score (nSPS) is 11.4. The molecule has 0 N–H and O–H groups in total. The summed E-state index contributed by atoms with van der Waals surface area (Å²) in [7, 11) is 0. The SMILES string of the molecule is CCOc1cc(Cl)c(C(=O)C(C)(C)CC)cc1Cl. The van der Waals surface area contributed by atoms with Crippen molar-refractivity contribution in [3.8, 4) is 5.75 Å². The first-order valence-corrected chi connectivity index (χ1v) is 6.75. The molecule has 0 spiro atoms. The fourth-order valence-corrected chi connectivity index (χ4v) is 1.95. The van der Waals surface area contributed by atoms with Crippen molar-refractivity contribution < 1.29 is 9.53 Å². The highest BCUT2D eigenvalue weighted by Gasteiger charge is 2.28. The van der Waals surface area contributed by atoms with Crippen LogP contribution in [0.2, 0.25) is 10.0 Å². The van der Waals surface area contributed by atoms with E-state index in [1.807, 2.05) is 27.7 Å². The first-order valence-electron chi connectivity index (χ1n) is 6.00. The average Bonchev–Trinajstić information content (AvgIpc) is 2.32. The van der Waals surface area contributed by atoms with Crippen LogP contribution in [0.25, 0.3) is 0 Å². The largest absolute Gasteiger partial charge is 0.492 e. The summed E-state index contributed by atoms with van der Waals surface area (Å²) in [5, 5.41) is 0.797. The van der Waals surface area contributed by atoms with E-state index in [-0.39, 0.29) is 5.78 Å². The minimum Gasteiger partial charge on any atom is -0.492 e. The van der Waals surface area contributed by atoms with Crippen molar-refractivity contribution >= 4 is 29.0 Å². The topological polar surface area (TPSA) is 26.3 Å². The zero-order valence-electron chi connectivity index (χ0n) is 11.1. The van der Waals surface area contributed by atoms with Gasteiger partial charge >= 0.3 is 0 Å². The summed E-state index contributed by atoms with van der Waals surface area (Å²) in [6, 6.07) is 3.20. The molecule has 0 aromatic heterocycles. The highest BCUT2D eigenvalue weighted by Crippen LogP contribution is 2.35. The van der Waals surface area contributed by atoms with Crippen LogP contribution in [0, 0.1) is 5.41 Å². The quantitative estimate of drug-likeness (QED) is 0.712. The zero-order valence-corrected chi connectivity index (χ0v) is 12.7. The maximum atomic E-state index is 12.4. The number of carbonyl (C=O) groups is 1. The van der Waals surface area contributed by atoms with Gasteiger partial charge in [-0.3, -0.25) is 4.79 Å². The molecule has 0 unspecified atom stereocenters. The van der Waals surface area contributed by atoms with Crippen molar-refractivity contribution in [2.24, 2.45) is 5.41 Å². The second kappa shape index (κ2) is 5.94. The van der Waals surface area contributed by atoms with Crippen molar-refractivity contribution in [3.05, 3.63) is 27.7 Å². The molecule has 0 amide bonds. The van der Waals surface area contributed by atoms with E-state index in [2.05, 4.69) is 0 Å². The Bertz CT molecular complexity index is 453. The van der Waals surface area contributed by atoms with Crippen LogP contribution in [0.3, 0.4) is 0 Å². The van der Waals surface area contributed by atoms with Gasteiger partial charge in [0, 0.05) is 17.0 Å². The van der Waals surface area contributed by atoms with Crippen LogP contribution in [-0.4, -0.2) is 12.4 Å². The lowest BCUT2D eigenvalue weighted by Crippen LogP contribution is -2.23. The Morgan fingerprint density at radius 2 is 1.83 bits per heavy atom. The van der Waals surface area contributed by atoms with Crippen LogP contribution in [0.1, 0.15) is 44.5 Å². The number of carbonyl (C=O) groups excluding carboxylic acids is 1. The van der Waals surface area contributed by atoms with Crippen LogP contribution >= 0.6 is 23.2 Å². The summed E-state index contributed by atoms with van der Waals surface area (Å²) in [6.07, 6.45) is 0.743. The molecule has 0 atom stereocenters. The third kappa shape index (κ3) is 3.18. The molecule has 0 saturated carbocycles. The van der Waals surface area contributed by atoms with Crippen LogP contribution in [0.15, 0.2) is 12.1 Å². The molecule has 1 rings (SSSR count). The Kier molecular flexibility index (Phi) is 5.06. The Hall–Kier alpha value is -0.730. The Balaban J connectivity index is 3.20. The number of ketones is 1. The fraction of sp³-hybridized carbons (Fsp3) is 0.500. The van der Waals surface area contributed by atoms with E-state index in [1.54, 1.807) is 12.1 Å². The summed E-state index contributed by atoms with van der Waals surface area (Å²) in [5.74, 6) is 0.509. The van der Waals surface area contributed by atoms with Crippen LogP contribution in [-0.2, 0) is 0 Å².